The summed E-state index contributed by atoms with van der Waals surface area (Å²) in [5.74, 6) is -0.0389. The van der Waals surface area contributed by atoms with Crippen LogP contribution in [0.15, 0.2) is 47.1 Å². The second-order valence-electron chi connectivity index (χ2n) is 6.27. The molecule has 1 aliphatic rings. The Morgan fingerprint density at radius 1 is 1.36 bits per heavy atom. The van der Waals surface area contributed by atoms with Crippen LogP contribution in [0.2, 0.25) is 0 Å². The standard InChI is InChI=1S/C19H17FN2O3/c20-12-5-6-15-13(8-12)14(9-16(22-15)11-3-4-11)19(24)21-10-17(23)18-2-1-7-25-18/h1-2,5-9,11,17,23H,3-4,10H2,(H,21,24)/t17-/m0/s1. The Labute approximate surface area is 143 Å². The van der Waals surface area contributed by atoms with Crippen LogP contribution in [0.4, 0.5) is 4.39 Å². The van der Waals surface area contributed by atoms with Gasteiger partial charge in [0.1, 0.15) is 17.7 Å². The average molecular weight is 340 g/mol. The molecular formula is C19H17FN2O3. The van der Waals surface area contributed by atoms with E-state index in [9.17, 15) is 14.3 Å². The van der Waals surface area contributed by atoms with Gasteiger partial charge in [0, 0.05) is 17.0 Å². The Morgan fingerprint density at radius 3 is 2.92 bits per heavy atom. The molecule has 0 unspecified atom stereocenters. The summed E-state index contributed by atoms with van der Waals surface area (Å²) in [4.78, 5) is 17.2. The van der Waals surface area contributed by atoms with Crippen molar-refractivity contribution in [2.45, 2.75) is 24.9 Å². The molecule has 2 N–H and O–H groups in total. The maximum Gasteiger partial charge on any atom is 0.252 e. The van der Waals surface area contributed by atoms with E-state index in [1.165, 1.54) is 18.4 Å². The van der Waals surface area contributed by atoms with E-state index < -0.39 is 11.9 Å². The Kier molecular flexibility index (Phi) is 3.97. The molecule has 0 spiro atoms. The van der Waals surface area contributed by atoms with Crippen molar-refractivity contribution >= 4 is 16.8 Å². The number of hydrogen-bond acceptors (Lipinski definition) is 4. The normalized spacial score (nSPS) is 15.3. The molecule has 0 bridgehead atoms. The molecule has 2 aromatic heterocycles. The number of aromatic nitrogens is 1. The minimum absolute atomic E-state index is 0.00421. The van der Waals surface area contributed by atoms with Gasteiger partial charge in [0.25, 0.3) is 5.91 Å². The third-order valence-electron chi connectivity index (χ3n) is 4.36. The van der Waals surface area contributed by atoms with Crippen molar-refractivity contribution in [3.05, 3.63) is 65.5 Å². The first-order valence-electron chi connectivity index (χ1n) is 8.21. The van der Waals surface area contributed by atoms with Gasteiger partial charge < -0.3 is 14.8 Å². The highest BCUT2D eigenvalue weighted by atomic mass is 19.1. The molecule has 1 saturated carbocycles. The SMILES string of the molecule is O=C(NC[C@H](O)c1ccco1)c1cc(C2CC2)nc2ccc(F)cc12. The number of amides is 1. The first-order chi connectivity index (χ1) is 12.1. The van der Waals surface area contributed by atoms with Gasteiger partial charge in [0.05, 0.1) is 23.9 Å². The molecule has 0 radical (unpaired) electrons. The number of carbonyl (C=O) groups excluding carboxylic acids is 1. The fraction of sp³-hybridized carbons (Fsp3) is 0.263. The zero-order chi connectivity index (χ0) is 17.4. The Hall–Kier alpha value is -2.73. The van der Waals surface area contributed by atoms with Gasteiger partial charge in [-0.1, -0.05) is 0 Å². The van der Waals surface area contributed by atoms with E-state index >= 15 is 0 Å². The van der Waals surface area contributed by atoms with E-state index in [4.69, 9.17) is 4.42 Å². The number of fused-ring (bicyclic) bond motifs is 1. The molecule has 0 aliphatic heterocycles. The molecule has 3 aromatic rings. The van der Waals surface area contributed by atoms with Gasteiger partial charge in [-0.05, 0) is 49.2 Å². The van der Waals surface area contributed by atoms with Gasteiger partial charge in [-0.3, -0.25) is 9.78 Å². The van der Waals surface area contributed by atoms with Crippen LogP contribution in [0.5, 0.6) is 0 Å². The van der Waals surface area contributed by atoms with E-state index in [2.05, 4.69) is 10.3 Å². The first kappa shape index (κ1) is 15.8. The van der Waals surface area contributed by atoms with E-state index in [1.54, 1.807) is 24.3 Å². The molecule has 5 nitrogen and oxygen atoms in total. The van der Waals surface area contributed by atoms with Gasteiger partial charge in [-0.25, -0.2) is 4.39 Å². The summed E-state index contributed by atoms with van der Waals surface area (Å²) in [7, 11) is 0. The van der Waals surface area contributed by atoms with Crippen molar-refractivity contribution in [1.82, 2.24) is 10.3 Å². The molecule has 1 fully saturated rings. The lowest BCUT2D eigenvalue weighted by Gasteiger charge is -2.12. The highest BCUT2D eigenvalue weighted by molar-refractivity contribution is 6.06. The topological polar surface area (TPSA) is 75.4 Å². The Morgan fingerprint density at radius 2 is 2.20 bits per heavy atom. The Balaban J connectivity index is 1.62. The number of nitrogens with zero attached hydrogens (tertiary/aromatic N) is 1. The van der Waals surface area contributed by atoms with Crippen LogP contribution in [-0.2, 0) is 0 Å². The smallest absolute Gasteiger partial charge is 0.252 e. The second-order valence-corrected chi connectivity index (χ2v) is 6.27. The first-order valence-corrected chi connectivity index (χ1v) is 8.21. The van der Waals surface area contributed by atoms with Crippen molar-refractivity contribution in [2.24, 2.45) is 0 Å². The van der Waals surface area contributed by atoms with Gasteiger partial charge in [0.15, 0.2) is 0 Å². The molecule has 1 atom stereocenters. The highest BCUT2D eigenvalue weighted by Gasteiger charge is 2.27. The predicted octanol–water partition coefficient (Wildman–Crippen LogP) is 3.31. The number of rotatable bonds is 5. The summed E-state index contributed by atoms with van der Waals surface area (Å²) in [5, 5.41) is 13.2. The van der Waals surface area contributed by atoms with Crippen molar-refractivity contribution in [3.63, 3.8) is 0 Å². The minimum Gasteiger partial charge on any atom is -0.467 e. The molecule has 2 heterocycles. The van der Waals surface area contributed by atoms with E-state index in [-0.39, 0.29) is 12.5 Å². The zero-order valence-electron chi connectivity index (χ0n) is 13.4. The molecule has 1 amide bonds. The maximum atomic E-state index is 13.6. The van der Waals surface area contributed by atoms with Crippen LogP contribution in [0, 0.1) is 5.82 Å². The molecule has 6 heteroatoms. The highest BCUT2D eigenvalue weighted by Crippen LogP contribution is 2.40. The van der Waals surface area contributed by atoms with E-state index in [1.807, 2.05) is 0 Å². The monoisotopic (exact) mass is 340 g/mol. The molecule has 0 saturated heterocycles. The van der Waals surface area contributed by atoms with Crippen LogP contribution in [-0.4, -0.2) is 22.5 Å². The van der Waals surface area contributed by atoms with Gasteiger partial charge in [-0.15, -0.1) is 0 Å². The summed E-state index contributed by atoms with van der Waals surface area (Å²) < 4.78 is 18.8. The fourth-order valence-electron chi connectivity index (χ4n) is 2.86. The lowest BCUT2D eigenvalue weighted by atomic mass is 10.0. The Bertz CT molecular complexity index is 920. The second kappa shape index (κ2) is 6.29. The summed E-state index contributed by atoms with van der Waals surface area (Å²) in [6.07, 6.45) is 2.63. The predicted molar refractivity (Wildman–Crippen MR) is 89.7 cm³/mol. The number of nitrogens with one attached hydrogen (secondary N) is 1. The molecule has 1 aromatic carbocycles. The summed E-state index contributed by atoms with van der Waals surface area (Å²) in [6.45, 7) is 0.00421. The number of pyridine rings is 1. The quantitative estimate of drug-likeness (QED) is 0.747. The number of benzene rings is 1. The molecule has 4 rings (SSSR count). The molecule has 25 heavy (non-hydrogen) atoms. The molecule has 128 valence electrons. The average Bonchev–Trinajstić information content (AvgIpc) is 3.32. The minimum atomic E-state index is -0.938. The summed E-state index contributed by atoms with van der Waals surface area (Å²) >= 11 is 0. The van der Waals surface area contributed by atoms with Crippen LogP contribution < -0.4 is 5.32 Å². The van der Waals surface area contributed by atoms with Crippen molar-refractivity contribution in [1.29, 1.82) is 0 Å². The number of furan rings is 1. The molecule has 1 aliphatic carbocycles. The number of aliphatic hydroxyl groups excluding tert-OH is 1. The largest absolute Gasteiger partial charge is 0.467 e. The fourth-order valence-corrected chi connectivity index (χ4v) is 2.86. The number of halogens is 1. The van der Waals surface area contributed by atoms with Crippen LogP contribution in [0.1, 0.15) is 46.7 Å². The molecular weight excluding hydrogens is 323 g/mol. The van der Waals surface area contributed by atoms with Crippen molar-refractivity contribution < 1.29 is 18.7 Å². The summed E-state index contributed by atoms with van der Waals surface area (Å²) in [6, 6.07) is 9.28. The van der Waals surface area contributed by atoms with Crippen LogP contribution >= 0.6 is 0 Å². The van der Waals surface area contributed by atoms with Gasteiger partial charge >= 0.3 is 0 Å². The number of hydrogen-bond donors (Lipinski definition) is 2. The van der Waals surface area contributed by atoms with Gasteiger partial charge in [0.2, 0.25) is 0 Å². The third kappa shape index (κ3) is 3.25. The van der Waals surface area contributed by atoms with E-state index in [0.29, 0.717) is 28.1 Å². The van der Waals surface area contributed by atoms with Crippen molar-refractivity contribution in [2.75, 3.05) is 6.54 Å². The number of carbonyl (C=O) groups is 1. The maximum absolute atomic E-state index is 13.6. The van der Waals surface area contributed by atoms with E-state index in [0.717, 1.165) is 18.5 Å². The van der Waals surface area contributed by atoms with Gasteiger partial charge in [-0.2, -0.15) is 0 Å². The van der Waals surface area contributed by atoms with Crippen molar-refractivity contribution in [3.8, 4) is 0 Å². The number of aliphatic hydroxyl groups is 1. The zero-order valence-corrected chi connectivity index (χ0v) is 13.4. The summed E-state index contributed by atoms with van der Waals surface area (Å²) in [5.41, 5.74) is 1.83. The third-order valence-corrected chi connectivity index (χ3v) is 4.36. The lowest BCUT2D eigenvalue weighted by Crippen LogP contribution is -2.28. The van der Waals surface area contributed by atoms with Crippen LogP contribution in [0.25, 0.3) is 10.9 Å². The lowest BCUT2D eigenvalue weighted by molar-refractivity contribution is 0.0902. The van der Waals surface area contributed by atoms with Crippen LogP contribution in [0.3, 0.4) is 0 Å².